The molecule has 0 aliphatic rings. The van der Waals surface area contributed by atoms with Gasteiger partial charge in [-0.3, -0.25) is 4.79 Å². The van der Waals surface area contributed by atoms with Crippen molar-refractivity contribution >= 4 is 11.9 Å². The molecule has 0 spiro atoms. The maximum atomic E-state index is 10.8. The predicted octanol–water partition coefficient (Wildman–Crippen LogP) is 1.09. The minimum atomic E-state index is -0.930. The molecule has 0 aromatic heterocycles. The molecular formula is C12H17N3O2. The highest BCUT2D eigenvalue weighted by Crippen LogP contribution is 2.26. The van der Waals surface area contributed by atoms with E-state index in [1.54, 1.807) is 0 Å². The topological polar surface area (TPSA) is 102 Å². The van der Waals surface area contributed by atoms with Crippen molar-refractivity contribution in [3.8, 4) is 0 Å². The monoisotopic (exact) mass is 235 g/mol. The van der Waals surface area contributed by atoms with Gasteiger partial charge in [-0.05, 0) is 30.5 Å². The zero-order valence-electron chi connectivity index (χ0n) is 9.97. The lowest BCUT2D eigenvalue weighted by Crippen LogP contribution is -2.24. The first-order valence-electron chi connectivity index (χ1n) is 5.28. The van der Waals surface area contributed by atoms with Crippen LogP contribution in [-0.2, 0) is 4.79 Å². The van der Waals surface area contributed by atoms with E-state index in [0.29, 0.717) is 0 Å². The smallest absolute Gasteiger partial charge is 0.305 e. The van der Waals surface area contributed by atoms with Gasteiger partial charge in [-0.1, -0.05) is 18.2 Å². The van der Waals surface area contributed by atoms with Gasteiger partial charge in [0.25, 0.3) is 0 Å². The molecule has 0 bridgehead atoms. The highest BCUT2D eigenvalue weighted by molar-refractivity contribution is 5.77. The maximum Gasteiger partial charge on any atom is 0.305 e. The number of carboxylic acids is 1. The van der Waals surface area contributed by atoms with Crippen LogP contribution in [-0.4, -0.2) is 17.0 Å². The van der Waals surface area contributed by atoms with Crippen LogP contribution in [0.5, 0.6) is 0 Å². The van der Waals surface area contributed by atoms with Gasteiger partial charge in [0.05, 0.1) is 12.5 Å². The molecule has 0 amide bonds. The highest BCUT2D eigenvalue weighted by atomic mass is 16.4. The van der Waals surface area contributed by atoms with E-state index in [4.69, 9.17) is 16.6 Å². The lowest BCUT2D eigenvalue weighted by atomic mass is 9.96. The molecule has 5 heteroatoms. The number of carboxylic acid groups (broad SMARTS) is 1. The van der Waals surface area contributed by atoms with E-state index >= 15 is 0 Å². The SMILES string of the molecule is Cc1cccc(C(CC(=O)O)N=C(N)N)c1C. The molecule has 1 atom stereocenters. The predicted molar refractivity (Wildman–Crippen MR) is 66.7 cm³/mol. The third kappa shape index (κ3) is 3.48. The third-order valence-corrected chi connectivity index (χ3v) is 2.68. The minimum absolute atomic E-state index is 0.0999. The van der Waals surface area contributed by atoms with E-state index in [0.717, 1.165) is 16.7 Å². The summed E-state index contributed by atoms with van der Waals surface area (Å²) in [4.78, 5) is 14.8. The Bertz CT molecular complexity index is 451. The van der Waals surface area contributed by atoms with Crippen molar-refractivity contribution < 1.29 is 9.90 Å². The van der Waals surface area contributed by atoms with Gasteiger partial charge in [-0.25, -0.2) is 4.99 Å². The summed E-state index contributed by atoms with van der Waals surface area (Å²) in [6.07, 6.45) is -0.123. The number of rotatable bonds is 4. The van der Waals surface area contributed by atoms with Gasteiger partial charge in [0.15, 0.2) is 5.96 Å². The average molecular weight is 235 g/mol. The van der Waals surface area contributed by atoms with Crippen LogP contribution in [0.3, 0.4) is 0 Å². The van der Waals surface area contributed by atoms with E-state index in [2.05, 4.69) is 4.99 Å². The molecule has 1 aromatic rings. The summed E-state index contributed by atoms with van der Waals surface area (Å²) in [6.45, 7) is 3.90. The third-order valence-electron chi connectivity index (χ3n) is 2.68. The van der Waals surface area contributed by atoms with Gasteiger partial charge in [-0.2, -0.15) is 0 Å². The average Bonchev–Trinajstić information content (AvgIpc) is 2.19. The molecule has 1 unspecified atom stereocenters. The first kappa shape index (κ1) is 13.0. The fraction of sp³-hybridized carbons (Fsp3) is 0.333. The number of hydrogen-bond acceptors (Lipinski definition) is 2. The lowest BCUT2D eigenvalue weighted by Gasteiger charge is -2.15. The summed E-state index contributed by atoms with van der Waals surface area (Å²) in [7, 11) is 0. The second-order valence-corrected chi connectivity index (χ2v) is 3.96. The maximum absolute atomic E-state index is 10.8. The van der Waals surface area contributed by atoms with E-state index in [9.17, 15) is 4.79 Å². The van der Waals surface area contributed by atoms with Crippen LogP contribution in [0.25, 0.3) is 0 Å². The van der Waals surface area contributed by atoms with Crippen molar-refractivity contribution in [1.82, 2.24) is 0 Å². The molecule has 0 saturated heterocycles. The van der Waals surface area contributed by atoms with Crippen LogP contribution >= 0.6 is 0 Å². The molecule has 1 aromatic carbocycles. The van der Waals surface area contributed by atoms with Gasteiger partial charge in [-0.15, -0.1) is 0 Å². The summed E-state index contributed by atoms with van der Waals surface area (Å²) in [5, 5.41) is 8.87. The Morgan fingerprint density at radius 3 is 2.59 bits per heavy atom. The fourth-order valence-electron chi connectivity index (χ4n) is 1.71. The number of carbonyl (C=O) groups is 1. The molecule has 92 valence electrons. The van der Waals surface area contributed by atoms with E-state index in [-0.39, 0.29) is 12.4 Å². The van der Waals surface area contributed by atoms with Crippen molar-refractivity contribution in [3.63, 3.8) is 0 Å². The van der Waals surface area contributed by atoms with Crippen molar-refractivity contribution in [2.45, 2.75) is 26.3 Å². The Hall–Kier alpha value is -2.04. The van der Waals surface area contributed by atoms with Crippen molar-refractivity contribution in [2.24, 2.45) is 16.5 Å². The molecule has 0 fully saturated rings. The number of hydrogen-bond donors (Lipinski definition) is 3. The van der Waals surface area contributed by atoms with Gasteiger partial charge in [0.2, 0.25) is 0 Å². The molecular weight excluding hydrogens is 218 g/mol. The number of aliphatic carboxylic acids is 1. The summed E-state index contributed by atoms with van der Waals surface area (Å²) in [5.41, 5.74) is 13.6. The Balaban J connectivity index is 3.17. The van der Waals surface area contributed by atoms with Crippen LogP contribution in [0, 0.1) is 13.8 Å². The number of nitrogens with zero attached hydrogens (tertiary/aromatic N) is 1. The molecule has 0 aliphatic heterocycles. The second-order valence-electron chi connectivity index (χ2n) is 3.96. The van der Waals surface area contributed by atoms with Gasteiger partial charge >= 0.3 is 5.97 Å². The van der Waals surface area contributed by atoms with Crippen LogP contribution in [0.2, 0.25) is 0 Å². The van der Waals surface area contributed by atoms with Crippen LogP contribution in [0.4, 0.5) is 0 Å². The normalized spacial score (nSPS) is 11.9. The van der Waals surface area contributed by atoms with E-state index in [1.807, 2.05) is 32.0 Å². The van der Waals surface area contributed by atoms with E-state index < -0.39 is 12.0 Å². The number of aryl methyl sites for hydroxylation is 1. The van der Waals surface area contributed by atoms with Crippen LogP contribution in [0.15, 0.2) is 23.2 Å². The van der Waals surface area contributed by atoms with Gasteiger partial charge in [0.1, 0.15) is 0 Å². The first-order valence-corrected chi connectivity index (χ1v) is 5.28. The number of aliphatic imine (C=N–C) groups is 1. The molecule has 5 nitrogen and oxygen atoms in total. The number of benzene rings is 1. The van der Waals surface area contributed by atoms with Crippen molar-refractivity contribution in [2.75, 3.05) is 0 Å². The molecule has 1 rings (SSSR count). The summed E-state index contributed by atoms with van der Waals surface area (Å²) in [5.74, 6) is -1.03. The van der Waals surface area contributed by atoms with Crippen molar-refractivity contribution in [1.29, 1.82) is 0 Å². The fourth-order valence-corrected chi connectivity index (χ4v) is 1.71. The van der Waals surface area contributed by atoms with Gasteiger partial charge in [0, 0.05) is 0 Å². The summed E-state index contributed by atoms with van der Waals surface area (Å²) < 4.78 is 0. The number of guanidine groups is 1. The Kier molecular flexibility index (Phi) is 4.09. The molecule has 17 heavy (non-hydrogen) atoms. The Morgan fingerprint density at radius 2 is 2.06 bits per heavy atom. The Labute approximate surface area is 100 Å². The molecule has 0 aliphatic carbocycles. The lowest BCUT2D eigenvalue weighted by molar-refractivity contribution is -0.137. The molecule has 5 N–H and O–H groups in total. The second kappa shape index (κ2) is 5.34. The quantitative estimate of drug-likeness (QED) is 0.537. The van der Waals surface area contributed by atoms with E-state index in [1.165, 1.54) is 0 Å². The summed E-state index contributed by atoms with van der Waals surface area (Å²) in [6, 6.07) is 5.15. The first-order chi connectivity index (χ1) is 7.91. The Morgan fingerprint density at radius 1 is 1.41 bits per heavy atom. The zero-order valence-corrected chi connectivity index (χ0v) is 9.97. The molecule has 0 saturated carbocycles. The standard InChI is InChI=1S/C12H17N3O2/c1-7-4-3-5-9(8(7)2)10(6-11(16)17)15-12(13)14/h3-5,10H,6H2,1-2H3,(H,16,17)(H4,13,14,15). The van der Waals surface area contributed by atoms with Gasteiger partial charge < -0.3 is 16.6 Å². The minimum Gasteiger partial charge on any atom is -0.481 e. The molecule has 0 heterocycles. The highest BCUT2D eigenvalue weighted by Gasteiger charge is 2.17. The zero-order chi connectivity index (χ0) is 13.0. The van der Waals surface area contributed by atoms with Crippen molar-refractivity contribution in [3.05, 3.63) is 34.9 Å². The van der Waals surface area contributed by atoms with Crippen LogP contribution < -0.4 is 11.5 Å². The number of nitrogens with two attached hydrogens (primary N) is 2. The largest absolute Gasteiger partial charge is 0.481 e. The summed E-state index contributed by atoms with van der Waals surface area (Å²) >= 11 is 0. The molecule has 0 radical (unpaired) electrons. The van der Waals surface area contributed by atoms with Crippen LogP contribution in [0.1, 0.15) is 29.2 Å².